The van der Waals surface area contributed by atoms with Gasteiger partial charge in [-0.25, -0.2) is 0 Å². The quantitative estimate of drug-likeness (QED) is 0.677. The molecule has 1 aromatic rings. The number of alkyl halides is 3. The number of esters is 1. The highest BCUT2D eigenvalue weighted by Crippen LogP contribution is 2.42. The van der Waals surface area contributed by atoms with Crippen molar-refractivity contribution in [3.05, 3.63) is 29.3 Å². The SMILES string of the molecule is CCOC(=O)C1CCC(c2cc(C(F)(F)F)ccc2N2CCN(C(C)=O)CC2)CC1. The third-order valence-electron chi connectivity index (χ3n) is 6.21. The predicted octanol–water partition coefficient (Wildman–Crippen LogP) is 4.21. The monoisotopic (exact) mass is 426 g/mol. The number of carbonyl (C=O) groups excluding carboxylic acids is 2. The molecule has 1 saturated carbocycles. The van der Waals surface area contributed by atoms with Gasteiger partial charge in [0.05, 0.1) is 18.1 Å². The number of hydrogen-bond donors (Lipinski definition) is 0. The Morgan fingerprint density at radius 2 is 1.70 bits per heavy atom. The van der Waals surface area contributed by atoms with Crippen molar-refractivity contribution in [3.63, 3.8) is 0 Å². The number of benzene rings is 1. The van der Waals surface area contributed by atoms with E-state index in [1.165, 1.54) is 13.0 Å². The van der Waals surface area contributed by atoms with Crippen LogP contribution in [0.3, 0.4) is 0 Å². The van der Waals surface area contributed by atoms with Crippen LogP contribution in [0, 0.1) is 5.92 Å². The van der Waals surface area contributed by atoms with Gasteiger partial charge in [0.2, 0.25) is 5.91 Å². The summed E-state index contributed by atoms with van der Waals surface area (Å²) in [5, 5.41) is 0. The predicted molar refractivity (Wildman–Crippen MR) is 107 cm³/mol. The Morgan fingerprint density at radius 3 is 2.23 bits per heavy atom. The summed E-state index contributed by atoms with van der Waals surface area (Å²) >= 11 is 0. The Hall–Kier alpha value is -2.25. The molecule has 2 fully saturated rings. The first-order chi connectivity index (χ1) is 14.2. The van der Waals surface area contributed by atoms with Gasteiger partial charge in [-0.05, 0) is 62.3 Å². The fraction of sp³-hybridized carbons (Fsp3) is 0.636. The first-order valence-corrected chi connectivity index (χ1v) is 10.6. The molecule has 8 heteroatoms. The summed E-state index contributed by atoms with van der Waals surface area (Å²) in [6.45, 7) is 5.94. The number of rotatable bonds is 4. The average Bonchev–Trinajstić information content (AvgIpc) is 2.73. The molecule has 2 aliphatic rings. The number of ether oxygens (including phenoxy) is 1. The molecule has 5 nitrogen and oxygen atoms in total. The number of halogens is 3. The molecule has 1 amide bonds. The van der Waals surface area contributed by atoms with E-state index in [2.05, 4.69) is 4.90 Å². The number of hydrogen-bond acceptors (Lipinski definition) is 4. The highest BCUT2D eigenvalue weighted by molar-refractivity contribution is 5.74. The highest BCUT2D eigenvalue weighted by Gasteiger charge is 2.35. The topological polar surface area (TPSA) is 49.9 Å². The molecule has 1 aliphatic carbocycles. The van der Waals surface area contributed by atoms with Gasteiger partial charge in [0, 0.05) is 38.8 Å². The Bertz CT molecular complexity index is 765. The first-order valence-electron chi connectivity index (χ1n) is 10.6. The van der Waals surface area contributed by atoms with E-state index < -0.39 is 11.7 Å². The second-order valence-electron chi connectivity index (χ2n) is 8.07. The largest absolute Gasteiger partial charge is 0.466 e. The number of piperazine rings is 1. The van der Waals surface area contributed by atoms with E-state index in [0.29, 0.717) is 64.0 Å². The van der Waals surface area contributed by atoms with Crippen molar-refractivity contribution in [3.8, 4) is 0 Å². The molecule has 1 aromatic carbocycles. The lowest BCUT2D eigenvalue weighted by atomic mass is 9.77. The van der Waals surface area contributed by atoms with Crippen LogP contribution in [0.2, 0.25) is 0 Å². The van der Waals surface area contributed by atoms with Crippen molar-refractivity contribution >= 4 is 17.6 Å². The standard InChI is InChI=1S/C22H29F3N2O3/c1-3-30-21(29)17-6-4-16(5-7-17)19-14-18(22(23,24)25)8-9-20(19)27-12-10-26(11-13-27)15(2)28/h8-9,14,16-17H,3-7,10-13H2,1-2H3. The average molecular weight is 426 g/mol. The van der Waals surface area contributed by atoms with Crippen LogP contribution >= 0.6 is 0 Å². The van der Waals surface area contributed by atoms with Crippen LogP contribution in [0.25, 0.3) is 0 Å². The number of nitrogens with zero attached hydrogens (tertiary/aromatic N) is 2. The molecule has 0 atom stereocenters. The van der Waals surface area contributed by atoms with Crippen molar-refractivity contribution in [1.82, 2.24) is 4.90 Å². The summed E-state index contributed by atoms with van der Waals surface area (Å²) in [6, 6.07) is 3.99. The minimum atomic E-state index is -4.40. The van der Waals surface area contributed by atoms with E-state index in [0.717, 1.165) is 11.8 Å². The summed E-state index contributed by atoms with van der Waals surface area (Å²) in [5.41, 5.74) is 0.866. The Labute approximate surface area is 175 Å². The zero-order valence-corrected chi connectivity index (χ0v) is 17.5. The summed E-state index contributed by atoms with van der Waals surface area (Å²) in [6.07, 6.45) is -1.84. The molecule has 1 aliphatic heterocycles. The van der Waals surface area contributed by atoms with E-state index in [-0.39, 0.29) is 23.7 Å². The van der Waals surface area contributed by atoms with Gasteiger partial charge in [0.15, 0.2) is 0 Å². The van der Waals surface area contributed by atoms with Crippen LogP contribution in [0.4, 0.5) is 18.9 Å². The lowest BCUT2D eigenvalue weighted by Gasteiger charge is -2.38. The summed E-state index contributed by atoms with van der Waals surface area (Å²) in [5.74, 6) is -0.395. The van der Waals surface area contributed by atoms with E-state index in [1.807, 2.05) is 0 Å². The maximum Gasteiger partial charge on any atom is 0.416 e. The second kappa shape index (κ2) is 9.27. The molecule has 30 heavy (non-hydrogen) atoms. The maximum absolute atomic E-state index is 13.4. The third-order valence-corrected chi connectivity index (χ3v) is 6.21. The van der Waals surface area contributed by atoms with Gasteiger partial charge in [-0.2, -0.15) is 13.2 Å². The maximum atomic E-state index is 13.4. The first kappa shape index (κ1) is 22.4. The lowest BCUT2D eigenvalue weighted by molar-refractivity contribution is -0.149. The lowest BCUT2D eigenvalue weighted by Crippen LogP contribution is -2.48. The Kier molecular flexibility index (Phi) is 6.93. The van der Waals surface area contributed by atoms with Crippen LogP contribution in [-0.4, -0.2) is 49.6 Å². The molecular weight excluding hydrogens is 397 g/mol. The van der Waals surface area contributed by atoms with Gasteiger partial charge in [0.25, 0.3) is 0 Å². The van der Waals surface area contributed by atoms with E-state index in [1.54, 1.807) is 17.9 Å². The smallest absolute Gasteiger partial charge is 0.416 e. The molecule has 0 aromatic heterocycles. The fourth-order valence-electron chi connectivity index (χ4n) is 4.51. The van der Waals surface area contributed by atoms with Crippen LogP contribution < -0.4 is 4.90 Å². The zero-order chi connectivity index (χ0) is 21.9. The molecule has 0 N–H and O–H groups in total. The van der Waals surface area contributed by atoms with Crippen molar-refractivity contribution in [1.29, 1.82) is 0 Å². The zero-order valence-electron chi connectivity index (χ0n) is 17.5. The van der Waals surface area contributed by atoms with Crippen LogP contribution in [-0.2, 0) is 20.5 Å². The summed E-state index contributed by atoms with van der Waals surface area (Å²) < 4.78 is 45.3. The van der Waals surface area contributed by atoms with Crippen molar-refractivity contribution < 1.29 is 27.5 Å². The summed E-state index contributed by atoms with van der Waals surface area (Å²) in [4.78, 5) is 27.4. The van der Waals surface area contributed by atoms with E-state index in [4.69, 9.17) is 4.74 Å². The number of amides is 1. The second-order valence-corrected chi connectivity index (χ2v) is 8.07. The van der Waals surface area contributed by atoms with Crippen molar-refractivity contribution in [2.24, 2.45) is 5.92 Å². The van der Waals surface area contributed by atoms with Gasteiger partial charge < -0.3 is 14.5 Å². The van der Waals surface area contributed by atoms with Crippen LogP contribution in [0.5, 0.6) is 0 Å². The van der Waals surface area contributed by atoms with Crippen molar-refractivity contribution in [2.75, 3.05) is 37.7 Å². The summed E-state index contributed by atoms with van der Waals surface area (Å²) in [7, 11) is 0. The molecule has 0 radical (unpaired) electrons. The van der Waals surface area contributed by atoms with Crippen LogP contribution in [0.15, 0.2) is 18.2 Å². The van der Waals surface area contributed by atoms with E-state index in [9.17, 15) is 22.8 Å². The highest BCUT2D eigenvalue weighted by atomic mass is 19.4. The Balaban J connectivity index is 1.81. The number of carbonyl (C=O) groups is 2. The van der Waals surface area contributed by atoms with E-state index >= 15 is 0 Å². The minimum Gasteiger partial charge on any atom is -0.466 e. The minimum absolute atomic E-state index is 0.0135. The fourth-order valence-corrected chi connectivity index (χ4v) is 4.51. The molecule has 0 spiro atoms. The molecule has 1 saturated heterocycles. The molecule has 0 unspecified atom stereocenters. The van der Waals surface area contributed by atoms with Gasteiger partial charge in [-0.15, -0.1) is 0 Å². The van der Waals surface area contributed by atoms with Gasteiger partial charge in [0.1, 0.15) is 0 Å². The van der Waals surface area contributed by atoms with Gasteiger partial charge >= 0.3 is 12.1 Å². The molecular formula is C22H29F3N2O3. The molecule has 0 bridgehead atoms. The van der Waals surface area contributed by atoms with Crippen molar-refractivity contribution in [2.45, 2.75) is 51.6 Å². The van der Waals surface area contributed by atoms with Gasteiger partial charge in [-0.3, -0.25) is 9.59 Å². The van der Waals surface area contributed by atoms with Crippen LogP contribution in [0.1, 0.15) is 56.6 Å². The molecule has 166 valence electrons. The molecule has 1 heterocycles. The third kappa shape index (κ3) is 5.08. The number of anilines is 1. The normalized spacial score (nSPS) is 22.7. The Morgan fingerprint density at radius 1 is 1.07 bits per heavy atom. The molecule has 3 rings (SSSR count). The van der Waals surface area contributed by atoms with Gasteiger partial charge in [-0.1, -0.05) is 0 Å².